The summed E-state index contributed by atoms with van der Waals surface area (Å²) in [5, 5.41) is 6.93. The number of imidazole rings is 1. The fourth-order valence-electron chi connectivity index (χ4n) is 10.8. The van der Waals surface area contributed by atoms with E-state index in [4.69, 9.17) is 9.72 Å². The Labute approximate surface area is 423 Å². The molecule has 5 aromatic heterocycles. The predicted octanol–water partition coefficient (Wildman–Crippen LogP) is 14.5. The molecule has 5 heterocycles. The van der Waals surface area contributed by atoms with Crippen LogP contribution in [0, 0.1) is 18.5 Å². The van der Waals surface area contributed by atoms with Crippen LogP contribution in [0.1, 0.15) is 0 Å². The fourth-order valence-corrected chi connectivity index (χ4v) is 10.8. The van der Waals surface area contributed by atoms with E-state index in [1.165, 1.54) is 27.1 Å². The van der Waals surface area contributed by atoms with Gasteiger partial charge in [0.2, 0.25) is 0 Å². The summed E-state index contributed by atoms with van der Waals surface area (Å²) >= 11 is 0. The Bertz CT molecular complexity index is 4270. The molecule has 0 saturated carbocycles. The average molecular weight is 1090 g/mol. The molecular weight excluding hydrogens is 1050 g/mol. The quantitative estimate of drug-likeness (QED) is 0.112. The molecule has 0 N–H and O–H groups in total. The van der Waals surface area contributed by atoms with Crippen LogP contribution in [0.3, 0.4) is 0 Å². The number of para-hydroxylation sites is 4. The van der Waals surface area contributed by atoms with Crippen LogP contribution < -0.4 is 9.30 Å². The SMILES string of the molecule is Cn1c2ccccc2c2c1c1c(c3ccc(Oc4[c-]c(-[n+]5[c-]n(-c6c(-c7ccccc7)cccc6-c6ccccc6)cc5)ccc4)[c-]c3n1-c1ccccn1)c1c3ccccc3n(-c3ccccc3)c12.[Pt]. The Balaban J connectivity index is 0.00000492. The minimum Gasteiger partial charge on any atom is -0.510 e. The maximum absolute atomic E-state index is 6.77. The molecule has 0 radical (unpaired) electrons. The van der Waals surface area contributed by atoms with Crippen LogP contribution in [0.2, 0.25) is 0 Å². The van der Waals surface area contributed by atoms with Crippen LogP contribution in [0.4, 0.5) is 0 Å². The third-order valence-electron chi connectivity index (χ3n) is 13.7. The molecule has 0 bridgehead atoms. The second-order valence-corrected chi connectivity index (χ2v) is 17.6. The molecule has 14 aromatic rings. The molecule has 0 saturated heterocycles. The van der Waals surface area contributed by atoms with Gasteiger partial charge in [0.15, 0.2) is 0 Å². The Morgan fingerprint density at radius 2 is 1.11 bits per heavy atom. The van der Waals surface area contributed by atoms with Gasteiger partial charge < -0.3 is 23.0 Å². The Kier molecular flexibility index (Phi) is 10.2. The van der Waals surface area contributed by atoms with Crippen molar-refractivity contribution in [3.63, 3.8) is 0 Å². The number of aryl methyl sites for hydroxylation is 1. The molecule has 0 spiro atoms. The first-order valence-corrected chi connectivity index (χ1v) is 23.4. The summed E-state index contributed by atoms with van der Waals surface area (Å²) in [5.41, 5.74) is 13.9. The zero-order valence-electron chi connectivity index (χ0n) is 38.3. The summed E-state index contributed by atoms with van der Waals surface area (Å²) in [6.07, 6.45) is 9.54. The second kappa shape index (κ2) is 17.0. The van der Waals surface area contributed by atoms with Gasteiger partial charge in [0, 0.05) is 91.0 Å². The number of benzene rings is 9. The van der Waals surface area contributed by atoms with Crippen molar-refractivity contribution < 1.29 is 30.4 Å². The number of rotatable bonds is 8. The molecule has 0 atom stereocenters. The van der Waals surface area contributed by atoms with Crippen molar-refractivity contribution in [1.29, 1.82) is 0 Å². The molecule has 0 fully saturated rings. The van der Waals surface area contributed by atoms with Crippen LogP contribution in [0.5, 0.6) is 11.5 Å². The molecular formula is C63H40N6OPt-2. The minimum absolute atomic E-state index is 0. The van der Waals surface area contributed by atoms with Gasteiger partial charge in [-0.05, 0) is 69.7 Å². The normalized spacial score (nSPS) is 11.6. The summed E-state index contributed by atoms with van der Waals surface area (Å²) in [6.45, 7) is 0. The third kappa shape index (κ3) is 6.69. The first-order chi connectivity index (χ1) is 34.7. The van der Waals surface area contributed by atoms with E-state index >= 15 is 0 Å². The molecule has 9 aromatic carbocycles. The van der Waals surface area contributed by atoms with Crippen LogP contribution >= 0.6 is 0 Å². The van der Waals surface area contributed by atoms with Gasteiger partial charge in [0.25, 0.3) is 6.33 Å². The van der Waals surface area contributed by atoms with Crippen molar-refractivity contribution in [1.82, 2.24) is 23.3 Å². The van der Waals surface area contributed by atoms with Crippen LogP contribution in [-0.4, -0.2) is 23.3 Å². The Morgan fingerprint density at radius 1 is 0.493 bits per heavy atom. The van der Waals surface area contributed by atoms with Gasteiger partial charge in [-0.2, -0.15) is 18.2 Å². The predicted molar refractivity (Wildman–Crippen MR) is 282 cm³/mol. The van der Waals surface area contributed by atoms with Crippen LogP contribution in [0.15, 0.2) is 225 Å². The number of hydrogen-bond acceptors (Lipinski definition) is 2. The van der Waals surface area contributed by atoms with Crippen molar-refractivity contribution in [2.45, 2.75) is 0 Å². The number of fused-ring (bicyclic) bond motifs is 12. The molecule has 0 amide bonds. The number of hydrogen-bond donors (Lipinski definition) is 0. The van der Waals surface area contributed by atoms with Crippen molar-refractivity contribution >= 4 is 65.4 Å². The second-order valence-electron chi connectivity index (χ2n) is 17.6. The van der Waals surface area contributed by atoms with Gasteiger partial charge in [0.05, 0.1) is 27.8 Å². The summed E-state index contributed by atoms with van der Waals surface area (Å²) in [6, 6.07) is 79.3. The van der Waals surface area contributed by atoms with Crippen molar-refractivity contribution in [3.8, 4) is 56.6 Å². The van der Waals surface area contributed by atoms with E-state index in [0.717, 1.165) is 83.5 Å². The maximum Gasteiger partial charge on any atom is 0.267 e. The maximum atomic E-state index is 6.77. The zero-order valence-corrected chi connectivity index (χ0v) is 40.5. The Morgan fingerprint density at radius 3 is 1.83 bits per heavy atom. The van der Waals surface area contributed by atoms with E-state index in [2.05, 4.69) is 208 Å². The average Bonchev–Trinajstić information content (AvgIpc) is 4.20. The Hall–Kier alpha value is -8.77. The molecule has 0 aliphatic rings. The van der Waals surface area contributed by atoms with Gasteiger partial charge >= 0.3 is 0 Å². The molecule has 340 valence electrons. The van der Waals surface area contributed by atoms with Gasteiger partial charge in [0.1, 0.15) is 5.82 Å². The zero-order chi connectivity index (χ0) is 46.3. The first kappa shape index (κ1) is 42.3. The number of nitrogens with zero attached hydrogens (tertiary/aromatic N) is 6. The standard InChI is InChI=1S/C63H40N6O.Pt/c1-65-53-31-13-11-27-50(53)59-61-57(51-28-12-14-32-54(51)68(61)44-23-9-4-10-24-44)58-52-35-34-47(40-55(52)69(63(58)62(59)65)56-33-15-16-36-64-56)70-46-26-17-25-45(39-46)66-37-38-67(41-66)60-48(42-19-5-2-6-20-42)29-18-30-49(60)43-21-7-3-8-22-43;/h2-38H,1H3;/q-2;. The number of pyridine rings is 1. The van der Waals surface area contributed by atoms with Crippen molar-refractivity contribution in [3.05, 3.63) is 243 Å². The summed E-state index contributed by atoms with van der Waals surface area (Å²) in [7, 11) is 2.18. The fraction of sp³-hybridized carbons (Fsp3) is 0.0159. The van der Waals surface area contributed by atoms with E-state index < -0.39 is 0 Å². The molecule has 8 heteroatoms. The molecule has 0 unspecified atom stereocenters. The van der Waals surface area contributed by atoms with Gasteiger partial charge in [-0.25, -0.2) is 4.98 Å². The van der Waals surface area contributed by atoms with Gasteiger partial charge in [-0.15, -0.1) is 29.7 Å². The van der Waals surface area contributed by atoms with E-state index in [1.54, 1.807) is 0 Å². The minimum atomic E-state index is 0. The van der Waals surface area contributed by atoms with Crippen molar-refractivity contribution in [2.24, 2.45) is 7.05 Å². The van der Waals surface area contributed by atoms with E-state index in [1.807, 2.05) is 65.5 Å². The first-order valence-electron chi connectivity index (χ1n) is 23.4. The van der Waals surface area contributed by atoms with Crippen LogP contribution in [-0.2, 0) is 28.1 Å². The largest absolute Gasteiger partial charge is 0.510 e. The van der Waals surface area contributed by atoms with Crippen molar-refractivity contribution in [2.75, 3.05) is 0 Å². The molecule has 14 rings (SSSR count). The third-order valence-corrected chi connectivity index (χ3v) is 13.7. The van der Waals surface area contributed by atoms with E-state index in [-0.39, 0.29) is 21.1 Å². The number of ether oxygens (including phenoxy) is 1. The van der Waals surface area contributed by atoms with Gasteiger partial charge in [-0.3, -0.25) is 4.57 Å². The number of aromatic nitrogens is 6. The van der Waals surface area contributed by atoms with Crippen LogP contribution in [0.25, 0.3) is 111 Å². The molecule has 7 nitrogen and oxygen atoms in total. The topological polar surface area (TPSA) is 45.7 Å². The summed E-state index contributed by atoms with van der Waals surface area (Å²) < 4.78 is 17.9. The molecule has 71 heavy (non-hydrogen) atoms. The monoisotopic (exact) mass is 1090 g/mol. The summed E-state index contributed by atoms with van der Waals surface area (Å²) in [4.78, 5) is 5.01. The molecule has 0 aliphatic carbocycles. The summed E-state index contributed by atoms with van der Waals surface area (Å²) in [5.74, 6) is 1.91. The van der Waals surface area contributed by atoms with E-state index in [0.29, 0.717) is 11.5 Å². The smallest absolute Gasteiger partial charge is 0.267 e. The van der Waals surface area contributed by atoms with E-state index in [9.17, 15) is 0 Å². The molecule has 0 aliphatic heterocycles. The van der Waals surface area contributed by atoms with Gasteiger partial charge in [-0.1, -0.05) is 145 Å².